The molecule has 8 heteroatoms. The number of nitrogen functional groups attached to an aromatic ring is 1. The van der Waals surface area contributed by atoms with Crippen LogP contribution in [0.3, 0.4) is 0 Å². The Balaban J connectivity index is 2.17. The predicted molar refractivity (Wildman–Crippen MR) is 79.3 cm³/mol. The third kappa shape index (κ3) is 3.53. The second-order valence-corrected chi connectivity index (χ2v) is 6.75. The van der Waals surface area contributed by atoms with Crippen LogP contribution in [0.5, 0.6) is 0 Å². The van der Waals surface area contributed by atoms with E-state index < -0.39 is 10.0 Å². The molecule has 1 aromatic heterocycles. The third-order valence-electron chi connectivity index (χ3n) is 2.52. The molecular weight excluding hydrogens is 344 g/mol. The number of hydrogen-bond donors (Lipinski definition) is 2. The van der Waals surface area contributed by atoms with Gasteiger partial charge in [0.2, 0.25) is 10.0 Å². The molecule has 0 bridgehead atoms. The maximum Gasteiger partial charge on any atom is 0.242 e. The van der Waals surface area contributed by atoms with E-state index in [4.69, 9.17) is 5.73 Å². The van der Waals surface area contributed by atoms with Crippen molar-refractivity contribution in [2.45, 2.75) is 18.4 Å². The van der Waals surface area contributed by atoms with Gasteiger partial charge in [0.1, 0.15) is 0 Å². The van der Waals surface area contributed by atoms with Gasteiger partial charge in [-0.05, 0) is 41.1 Å². The largest absolute Gasteiger partial charge is 0.399 e. The van der Waals surface area contributed by atoms with Crippen LogP contribution >= 0.6 is 15.9 Å². The van der Waals surface area contributed by atoms with E-state index in [9.17, 15) is 8.42 Å². The Bertz CT molecular complexity index is 717. The van der Waals surface area contributed by atoms with E-state index >= 15 is 0 Å². The fourth-order valence-electron chi connectivity index (χ4n) is 1.49. The smallest absolute Gasteiger partial charge is 0.242 e. The standard InChI is InChI=1S/C12H13BrN4O2S/c1-8-5-16-10(6-15-8)7-17-20(18,19)12-3-2-9(14)4-11(12)13/h2-6,17H,7,14H2,1H3. The van der Waals surface area contributed by atoms with Crippen LogP contribution in [0.2, 0.25) is 0 Å². The van der Waals surface area contributed by atoms with E-state index in [0.717, 1.165) is 5.69 Å². The normalized spacial score (nSPS) is 11.5. The Kier molecular flexibility index (Phi) is 4.36. The molecule has 2 rings (SSSR count). The summed E-state index contributed by atoms with van der Waals surface area (Å²) in [7, 11) is -3.64. The summed E-state index contributed by atoms with van der Waals surface area (Å²) < 4.78 is 27.2. The molecule has 0 radical (unpaired) electrons. The first kappa shape index (κ1) is 14.9. The van der Waals surface area contributed by atoms with Crippen LogP contribution in [0.25, 0.3) is 0 Å². The van der Waals surface area contributed by atoms with Crippen LogP contribution in [0, 0.1) is 6.92 Å². The molecule has 0 atom stereocenters. The molecular formula is C12H13BrN4O2S. The number of aromatic nitrogens is 2. The fourth-order valence-corrected chi connectivity index (χ4v) is 3.58. The predicted octanol–water partition coefficient (Wildman–Crippen LogP) is 1.61. The average Bonchev–Trinajstić information content (AvgIpc) is 2.37. The van der Waals surface area contributed by atoms with Crippen LogP contribution in [0.4, 0.5) is 5.69 Å². The molecule has 0 spiro atoms. The summed E-state index contributed by atoms with van der Waals surface area (Å²) in [5, 5.41) is 0. The van der Waals surface area contributed by atoms with Crippen molar-refractivity contribution in [3.05, 3.63) is 46.5 Å². The topological polar surface area (TPSA) is 98.0 Å². The quantitative estimate of drug-likeness (QED) is 0.810. The van der Waals surface area contributed by atoms with E-state index in [1.54, 1.807) is 12.3 Å². The molecule has 2 aromatic rings. The molecule has 0 aliphatic heterocycles. The van der Waals surface area contributed by atoms with Gasteiger partial charge in [-0.2, -0.15) is 0 Å². The van der Waals surface area contributed by atoms with Crippen molar-refractivity contribution in [2.75, 3.05) is 5.73 Å². The first-order valence-corrected chi connectivity index (χ1v) is 7.98. The number of sulfonamides is 1. The van der Waals surface area contributed by atoms with Gasteiger partial charge in [-0.25, -0.2) is 13.1 Å². The molecule has 1 heterocycles. The SMILES string of the molecule is Cc1cnc(CNS(=O)(=O)c2ccc(N)cc2Br)cn1. The molecule has 0 saturated heterocycles. The minimum atomic E-state index is -3.64. The zero-order chi connectivity index (χ0) is 14.8. The van der Waals surface area contributed by atoms with Crippen molar-refractivity contribution in [3.63, 3.8) is 0 Å². The van der Waals surface area contributed by atoms with Gasteiger partial charge in [-0.3, -0.25) is 9.97 Å². The zero-order valence-electron chi connectivity index (χ0n) is 10.7. The van der Waals surface area contributed by atoms with Crippen molar-refractivity contribution < 1.29 is 8.42 Å². The lowest BCUT2D eigenvalue weighted by atomic mass is 10.3. The number of benzene rings is 1. The Morgan fingerprint density at radius 3 is 2.65 bits per heavy atom. The van der Waals surface area contributed by atoms with E-state index in [1.807, 2.05) is 6.92 Å². The van der Waals surface area contributed by atoms with E-state index in [0.29, 0.717) is 15.9 Å². The summed E-state index contributed by atoms with van der Waals surface area (Å²) in [5.41, 5.74) is 7.40. The molecule has 0 aliphatic rings. The van der Waals surface area contributed by atoms with E-state index in [1.165, 1.54) is 18.3 Å². The lowest BCUT2D eigenvalue weighted by Crippen LogP contribution is -2.24. The van der Waals surface area contributed by atoms with Gasteiger partial charge in [0.25, 0.3) is 0 Å². The highest BCUT2D eigenvalue weighted by Gasteiger charge is 2.17. The van der Waals surface area contributed by atoms with Gasteiger partial charge in [0, 0.05) is 16.4 Å². The lowest BCUT2D eigenvalue weighted by Gasteiger charge is -2.08. The molecule has 0 saturated carbocycles. The summed E-state index contributed by atoms with van der Waals surface area (Å²) in [4.78, 5) is 8.28. The number of nitrogens with two attached hydrogens (primary N) is 1. The fraction of sp³-hybridized carbons (Fsp3) is 0.167. The van der Waals surface area contributed by atoms with Crippen LogP contribution in [-0.2, 0) is 16.6 Å². The van der Waals surface area contributed by atoms with Gasteiger partial charge in [0.05, 0.1) is 29.0 Å². The van der Waals surface area contributed by atoms with Gasteiger partial charge < -0.3 is 5.73 Å². The number of halogens is 1. The second kappa shape index (κ2) is 5.86. The summed E-state index contributed by atoms with van der Waals surface area (Å²) >= 11 is 3.19. The molecule has 106 valence electrons. The van der Waals surface area contributed by atoms with Gasteiger partial charge in [0.15, 0.2) is 0 Å². The summed E-state index contributed by atoms with van der Waals surface area (Å²) in [6.45, 7) is 1.89. The van der Waals surface area contributed by atoms with Gasteiger partial charge in [-0.15, -0.1) is 0 Å². The minimum Gasteiger partial charge on any atom is -0.399 e. The lowest BCUT2D eigenvalue weighted by molar-refractivity contribution is 0.580. The Morgan fingerprint density at radius 1 is 1.30 bits per heavy atom. The molecule has 0 aliphatic carbocycles. The Hall–Kier alpha value is -1.51. The highest BCUT2D eigenvalue weighted by atomic mass is 79.9. The molecule has 1 aromatic carbocycles. The monoisotopic (exact) mass is 356 g/mol. The first-order chi connectivity index (χ1) is 9.38. The number of rotatable bonds is 4. The minimum absolute atomic E-state index is 0.0758. The van der Waals surface area contributed by atoms with Crippen molar-refractivity contribution >= 4 is 31.6 Å². The molecule has 6 nitrogen and oxygen atoms in total. The number of nitrogens with one attached hydrogen (secondary N) is 1. The van der Waals surface area contributed by atoms with Crippen LogP contribution in [0.1, 0.15) is 11.4 Å². The summed E-state index contributed by atoms with van der Waals surface area (Å²) in [5.74, 6) is 0. The highest BCUT2D eigenvalue weighted by molar-refractivity contribution is 9.10. The zero-order valence-corrected chi connectivity index (χ0v) is 13.1. The van der Waals surface area contributed by atoms with Crippen molar-refractivity contribution in [1.29, 1.82) is 0 Å². The maximum absolute atomic E-state index is 12.2. The van der Waals surface area contributed by atoms with E-state index in [2.05, 4.69) is 30.6 Å². The van der Waals surface area contributed by atoms with Gasteiger partial charge >= 0.3 is 0 Å². The molecule has 0 fully saturated rings. The number of anilines is 1. The van der Waals surface area contributed by atoms with E-state index in [-0.39, 0.29) is 11.4 Å². The van der Waals surface area contributed by atoms with Crippen molar-refractivity contribution in [3.8, 4) is 0 Å². The summed E-state index contributed by atoms with van der Waals surface area (Å²) in [6, 6.07) is 4.52. The second-order valence-electron chi connectivity index (χ2n) is 4.16. The molecule has 20 heavy (non-hydrogen) atoms. The summed E-state index contributed by atoms with van der Waals surface area (Å²) in [6.07, 6.45) is 3.12. The highest BCUT2D eigenvalue weighted by Crippen LogP contribution is 2.24. The third-order valence-corrected chi connectivity index (χ3v) is 4.90. The average molecular weight is 357 g/mol. The van der Waals surface area contributed by atoms with Crippen molar-refractivity contribution in [2.24, 2.45) is 0 Å². The maximum atomic E-state index is 12.2. The number of nitrogens with zero attached hydrogens (tertiary/aromatic N) is 2. The molecule has 0 unspecified atom stereocenters. The van der Waals surface area contributed by atoms with Crippen LogP contribution < -0.4 is 10.5 Å². The Labute approximate surface area is 125 Å². The van der Waals surface area contributed by atoms with Crippen LogP contribution in [-0.4, -0.2) is 18.4 Å². The van der Waals surface area contributed by atoms with Crippen molar-refractivity contribution in [1.82, 2.24) is 14.7 Å². The first-order valence-electron chi connectivity index (χ1n) is 5.71. The number of aryl methyl sites for hydroxylation is 1. The van der Waals surface area contributed by atoms with Gasteiger partial charge in [-0.1, -0.05) is 0 Å². The van der Waals surface area contributed by atoms with Crippen LogP contribution in [0.15, 0.2) is 40.0 Å². The molecule has 3 N–H and O–H groups in total. The Morgan fingerprint density at radius 2 is 2.05 bits per heavy atom. The number of hydrogen-bond acceptors (Lipinski definition) is 5. The molecule has 0 amide bonds.